The van der Waals surface area contributed by atoms with Crippen LogP contribution in [0.25, 0.3) is 0 Å². The van der Waals surface area contributed by atoms with Crippen molar-refractivity contribution < 1.29 is 9.53 Å². The summed E-state index contributed by atoms with van der Waals surface area (Å²) >= 11 is 0. The smallest absolute Gasteiger partial charge is 0.136 e. The Kier molecular flexibility index (Phi) is 4.96. The van der Waals surface area contributed by atoms with Crippen LogP contribution in [0.15, 0.2) is 0 Å². The summed E-state index contributed by atoms with van der Waals surface area (Å²) in [6, 6.07) is 0. The van der Waals surface area contributed by atoms with Gasteiger partial charge in [0.05, 0.1) is 13.7 Å². The maximum atomic E-state index is 11.5. The Morgan fingerprint density at radius 1 is 1.41 bits per heavy atom. The van der Waals surface area contributed by atoms with E-state index >= 15 is 0 Å². The molecule has 2 nitrogen and oxygen atoms in total. The van der Waals surface area contributed by atoms with Crippen molar-refractivity contribution in [2.75, 3.05) is 6.23 Å². The first kappa shape index (κ1) is 14.9. The number of ketones is 1. The van der Waals surface area contributed by atoms with Crippen molar-refractivity contribution in [3.8, 4) is 0 Å². The highest BCUT2D eigenvalue weighted by Crippen LogP contribution is 2.28. The Balaban J connectivity index is 2.31. The number of rotatable bonds is 6. The predicted molar refractivity (Wildman–Crippen MR) is 74.6 cm³/mol. The first-order chi connectivity index (χ1) is 7.70. The summed E-state index contributed by atoms with van der Waals surface area (Å²) in [7, 11) is -1.14. The molecule has 0 N–H and O–H groups in total. The van der Waals surface area contributed by atoms with Gasteiger partial charge in [-0.15, -0.1) is 0 Å². The highest BCUT2D eigenvalue weighted by molar-refractivity contribution is 6.76. The molecular formula is C14H27O2Si. The number of Topliss-reactive ketones (excluding diaryl/α,β-unsaturated/α-hetero) is 1. The van der Waals surface area contributed by atoms with E-state index < -0.39 is 8.07 Å². The second kappa shape index (κ2) is 5.66. The first-order valence-corrected chi connectivity index (χ1v) is 10.4. The number of carbonyl (C=O) groups is 1. The van der Waals surface area contributed by atoms with Crippen molar-refractivity contribution in [2.45, 2.75) is 64.8 Å². The third-order valence-electron chi connectivity index (χ3n) is 3.14. The lowest BCUT2D eigenvalue weighted by molar-refractivity contribution is -0.120. The van der Waals surface area contributed by atoms with E-state index in [1.165, 1.54) is 0 Å². The predicted octanol–water partition coefficient (Wildman–Crippen LogP) is 3.62. The van der Waals surface area contributed by atoms with E-state index in [0.717, 1.165) is 31.9 Å². The molecule has 99 valence electrons. The van der Waals surface area contributed by atoms with E-state index in [4.69, 9.17) is 4.74 Å². The van der Waals surface area contributed by atoms with E-state index in [2.05, 4.69) is 39.9 Å². The highest BCUT2D eigenvalue weighted by Gasteiger charge is 2.29. The largest absolute Gasteiger partial charge is 0.379 e. The molecule has 0 aliphatic heterocycles. The summed E-state index contributed by atoms with van der Waals surface area (Å²) in [6.45, 7) is 11.2. The van der Waals surface area contributed by atoms with E-state index in [1.54, 1.807) is 0 Å². The van der Waals surface area contributed by atoms with Crippen molar-refractivity contribution in [3.05, 3.63) is 6.42 Å². The summed E-state index contributed by atoms with van der Waals surface area (Å²) < 4.78 is 6.01. The van der Waals surface area contributed by atoms with Crippen LogP contribution in [-0.4, -0.2) is 25.7 Å². The summed E-state index contributed by atoms with van der Waals surface area (Å²) in [5, 5.41) is 0. The van der Waals surface area contributed by atoms with Gasteiger partial charge in [0.2, 0.25) is 0 Å². The van der Waals surface area contributed by atoms with Crippen LogP contribution >= 0.6 is 0 Å². The zero-order valence-electron chi connectivity index (χ0n) is 12.0. The number of hydrogen-bond donors (Lipinski definition) is 0. The van der Waals surface area contributed by atoms with Gasteiger partial charge in [-0.3, -0.25) is 4.79 Å². The first-order valence-electron chi connectivity index (χ1n) is 6.70. The molecule has 0 heterocycles. The van der Waals surface area contributed by atoms with E-state index in [9.17, 15) is 4.79 Å². The maximum Gasteiger partial charge on any atom is 0.136 e. The number of carbonyl (C=O) groups excluding carboxylic acids is 1. The van der Waals surface area contributed by atoms with E-state index in [-0.39, 0.29) is 11.5 Å². The van der Waals surface area contributed by atoms with Gasteiger partial charge < -0.3 is 4.74 Å². The monoisotopic (exact) mass is 255 g/mol. The van der Waals surface area contributed by atoms with Gasteiger partial charge in [-0.2, -0.15) is 0 Å². The van der Waals surface area contributed by atoms with Gasteiger partial charge in [-0.1, -0.05) is 19.6 Å². The Hall–Kier alpha value is -0.153. The molecule has 1 aliphatic rings. The van der Waals surface area contributed by atoms with Gasteiger partial charge in [-0.05, 0) is 39.5 Å². The zero-order chi connectivity index (χ0) is 13.1. The molecule has 3 heteroatoms. The summed E-state index contributed by atoms with van der Waals surface area (Å²) in [4.78, 5) is 11.5. The van der Waals surface area contributed by atoms with Crippen LogP contribution in [-0.2, 0) is 9.53 Å². The van der Waals surface area contributed by atoms with Gasteiger partial charge in [0.15, 0.2) is 0 Å². The number of hydrogen-bond acceptors (Lipinski definition) is 2. The second-order valence-electron chi connectivity index (χ2n) is 7.01. The molecule has 1 rings (SSSR count). The molecule has 0 amide bonds. The average Bonchev–Trinajstić information content (AvgIpc) is 2.58. The average molecular weight is 255 g/mol. The van der Waals surface area contributed by atoms with Crippen molar-refractivity contribution in [2.24, 2.45) is 5.92 Å². The van der Waals surface area contributed by atoms with Gasteiger partial charge in [0.25, 0.3) is 0 Å². The van der Waals surface area contributed by atoms with Crippen LogP contribution in [0.1, 0.15) is 39.5 Å². The minimum absolute atomic E-state index is 0.122. The van der Waals surface area contributed by atoms with Gasteiger partial charge in [-0.25, -0.2) is 0 Å². The lowest BCUT2D eigenvalue weighted by atomic mass is 9.93. The topological polar surface area (TPSA) is 26.3 Å². The van der Waals surface area contributed by atoms with Gasteiger partial charge in [0.1, 0.15) is 5.78 Å². The normalized spacial score (nSPS) is 22.2. The standard InChI is InChI=1S/C14H27O2Si/c1-14(2,16-11-17(3,4)5)10-9-12-7-6-8-13(12)15/h9,12H,6-8,10-11H2,1-5H3. The summed E-state index contributed by atoms with van der Waals surface area (Å²) in [6.07, 6.45) is 6.84. The van der Waals surface area contributed by atoms with Crippen molar-refractivity contribution in [1.82, 2.24) is 0 Å². The maximum absolute atomic E-state index is 11.5. The molecule has 1 aliphatic carbocycles. The summed E-state index contributed by atoms with van der Waals surface area (Å²) in [5.41, 5.74) is -0.122. The van der Waals surface area contributed by atoms with Gasteiger partial charge in [0, 0.05) is 18.6 Å². The van der Waals surface area contributed by atoms with Crippen LogP contribution in [0.5, 0.6) is 0 Å². The Morgan fingerprint density at radius 2 is 2.06 bits per heavy atom. The lowest BCUT2D eigenvalue weighted by Gasteiger charge is -2.29. The molecule has 1 radical (unpaired) electrons. The fourth-order valence-electron chi connectivity index (χ4n) is 1.99. The van der Waals surface area contributed by atoms with Gasteiger partial charge >= 0.3 is 0 Å². The molecule has 0 aromatic carbocycles. The molecule has 0 spiro atoms. The number of ether oxygens (including phenoxy) is 1. The highest BCUT2D eigenvalue weighted by atomic mass is 28.3. The molecule has 17 heavy (non-hydrogen) atoms. The molecule has 0 bridgehead atoms. The second-order valence-corrected chi connectivity index (χ2v) is 12.4. The zero-order valence-corrected chi connectivity index (χ0v) is 13.0. The molecule has 1 unspecified atom stereocenters. The Bertz CT molecular complexity index is 266. The fourth-order valence-corrected chi connectivity index (χ4v) is 2.81. The van der Waals surface area contributed by atoms with Crippen molar-refractivity contribution >= 4 is 13.9 Å². The fraction of sp³-hybridized carbons (Fsp3) is 0.857. The lowest BCUT2D eigenvalue weighted by Crippen LogP contribution is -2.36. The third-order valence-corrected chi connectivity index (χ3v) is 4.15. The minimum atomic E-state index is -1.14. The van der Waals surface area contributed by atoms with Crippen LogP contribution in [0.3, 0.4) is 0 Å². The quantitative estimate of drug-likeness (QED) is 0.678. The Labute approximate surface area is 107 Å². The summed E-state index contributed by atoms with van der Waals surface area (Å²) in [5.74, 6) is 0.621. The Morgan fingerprint density at radius 3 is 2.53 bits per heavy atom. The van der Waals surface area contributed by atoms with E-state index in [1.807, 2.05) is 0 Å². The molecule has 0 saturated heterocycles. The molecule has 0 aromatic heterocycles. The van der Waals surface area contributed by atoms with E-state index in [0.29, 0.717) is 5.78 Å². The molecule has 1 saturated carbocycles. The van der Waals surface area contributed by atoms with Crippen LogP contribution in [0.4, 0.5) is 0 Å². The minimum Gasteiger partial charge on any atom is -0.379 e. The molecule has 1 fully saturated rings. The third kappa shape index (κ3) is 5.82. The molecule has 0 aromatic rings. The molecule has 1 atom stereocenters. The van der Waals surface area contributed by atoms with Crippen LogP contribution in [0, 0.1) is 12.3 Å². The van der Waals surface area contributed by atoms with Crippen molar-refractivity contribution in [1.29, 1.82) is 0 Å². The van der Waals surface area contributed by atoms with Crippen molar-refractivity contribution in [3.63, 3.8) is 0 Å². The van der Waals surface area contributed by atoms with Crippen LogP contribution in [0.2, 0.25) is 19.6 Å². The SMILES string of the molecule is CC(C)(C[CH]C1CCCC1=O)OC[Si](C)(C)C. The van der Waals surface area contributed by atoms with Crippen LogP contribution < -0.4 is 0 Å². The molecular weight excluding hydrogens is 228 g/mol.